The van der Waals surface area contributed by atoms with Crippen LogP contribution >= 0.6 is 11.3 Å². The fraction of sp³-hybridized carbons (Fsp3) is 0.478. The Labute approximate surface area is 176 Å². The van der Waals surface area contributed by atoms with Crippen LogP contribution in [0.15, 0.2) is 24.3 Å². The van der Waals surface area contributed by atoms with E-state index in [2.05, 4.69) is 19.2 Å². The monoisotopic (exact) mass is 416 g/mol. The maximum atomic E-state index is 14.1. The molecule has 1 aromatic carbocycles. The van der Waals surface area contributed by atoms with Crippen LogP contribution in [0.4, 0.5) is 9.39 Å². The van der Waals surface area contributed by atoms with Crippen LogP contribution in [0.5, 0.6) is 0 Å². The van der Waals surface area contributed by atoms with E-state index in [0.717, 1.165) is 50.5 Å². The molecule has 0 radical (unpaired) electrons. The minimum absolute atomic E-state index is 0.00605. The fourth-order valence-corrected chi connectivity index (χ4v) is 5.16. The standard InChI is InChI=1S/C23H29FN2O2S/c1-3-14-26(15-4-2)23(28)20-17-11-6-5-7-13-19(17)29-22(20)25-21(27)16-10-8-9-12-18(16)24/h8-10,12H,3-7,11,13-15H2,1-2H3,(H,25,27). The third kappa shape index (κ3) is 4.86. The van der Waals surface area contributed by atoms with Gasteiger partial charge in [0.25, 0.3) is 11.8 Å². The number of anilines is 1. The van der Waals surface area contributed by atoms with Gasteiger partial charge < -0.3 is 10.2 Å². The number of benzene rings is 1. The van der Waals surface area contributed by atoms with Gasteiger partial charge in [-0.1, -0.05) is 32.4 Å². The number of carbonyl (C=O) groups is 2. The smallest absolute Gasteiger partial charge is 0.259 e. The largest absolute Gasteiger partial charge is 0.339 e. The highest BCUT2D eigenvalue weighted by Crippen LogP contribution is 2.38. The lowest BCUT2D eigenvalue weighted by Gasteiger charge is -2.22. The van der Waals surface area contributed by atoms with Crippen LogP contribution in [0, 0.1) is 5.82 Å². The molecule has 0 atom stereocenters. The highest BCUT2D eigenvalue weighted by Gasteiger charge is 2.28. The van der Waals surface area contributed by atoms with Crippen LogP contribution in [-0.4, -0.2) is 29.8 Å². The Morgan fingerprint density at radius 1 is 1.07 bits per heavy atom. The van der Waals surface area contributed by atoms with Gasteiger partial charge in [0.2, 0.25) is 0 Å². The summed E-state index contributed by atoms with van der Waals surface area (Å²) >= 11 is 1.48. The van der Waals surface area contributed by atoms with Crippen molar-refractivity contribution < 1.29 is 14.0 Å². The summed E-state index contributed by atoms with van der Waals surface area (Å²) in [4.78, 5) is 29.3. The van der Waals surface area contributed by atoms with E-state index in [0.29, 0.717) is 23.7 Å². The molecule has 3 rings (SSSR count). The maximum absolute atomic E-state index is 14.1. The zero-order valence-electron chi connectivity index (χ0n) is 17.2. The SMILES string of the molecule is CCCN(CCC)C(=O)c1c(NC(=O)c2ccccc2F)sc2c1CCCCC2. The van der Waals surface area contributed by atoms with Crippen LogP contribution in [0.3, 0.4) is 0 Å². The van der Waals surface area contributed by atoms with Crippen molar-refractivity contribution in [3.05, 3.63) is 51.7 Å². The number of thiophene rings is 1. The first-order chi connectivity index (χ1) is 14.1. The molecular weight excluding hydrogens is 387 g/mol. The molecule has 1 N–H and O–H groups in total. The van der Waals surface area contributed by atoms with Gasteiger partial charge in [0.15, 0.2) is 0 Å². The van der Waals surface area contributed by atoms with E-state index in [4.69, 9.17) is 0 Å². The molecule has 0 saturated heterocycles. The third-order valence-electron chi connectivity index (χ3n) is 5.25. The zero-order chi connectivity index (χ0) is 20.8. The molecule has 2 amide bonds. The molecule has 156 valence electrons. The van der Waals surface area contributed by atoms with Gasteiger partial charge >= 0.3 is 0 Å². The molecule has 0 aliphatic heterocycles. The molecule has 4 nitrogen and oxygen atoms in total. The summed E-state index contributed by atoms with van der Waals surface area (Å²) < 4.78 is 14.1. The number of nitrogens with one attached hydrogen (secondary N) is 1. The van der Waals surface area contributed by atoms with Crippen LogP contribution < -0.4 is 5.32 Å². The second-order valence-electron chi connectivity index (χ2n) is 7.49. The summed E-state index contributed by atoms with van der Waals surface area (Å²) in [6, 6.07) is 5.93. The molecular formula is C23H29FN2O2S. The molecule has 1 aliphatic carbocycles. The zero-order valence-corrected chi connectivity index (χ0v) is 18.0. The van der Waals surface area contributed by atoms with Gasteiger partial charge in [0.1, 0.15) is 10.8 Å². The van der Waals surface area contributed by atoms with E-state index in [1.165, 1.54) is 28.3 Å². The van der Waals surface area contributed by atoms with Crippen LogP contribution in [0.25, 0.3) is 0 Å². The summed E-state index contributed by atoms with van der Waals surface area (Å²) in [6.07, 6.45) is 6.84. The van der Waals surface area contributed by atoms with E-state index in [9.17, 15) is 14.0 Å². The van der Waals surface area contributed by atoms with Gasteiger partial charge in [-0.15, -0.1) is 11.3 Å². The molecule has 1 aromatic heterocycles. The van der Waals surface area contributed by atoms with Gasteiger partial charge in [0.05, 0.1) is 11.1 Å². The Morgan fingerprint density at radius 3 is 2.45 bits per heavy atom. The first-order valence-electron chi connectivity index (χ1n) is 10.6. The molecule has 2 aromatic rings. The van der Waals surface area contributed by atoms with Crippen molar-refractivity contribution in [2.24, 2.45) is 0 Å². The molecule has 6 heteroatoms. The molecule has 0 bridgehead atoms. The number of nitrogens with zero attached hydrogens (tertiary/aromatic N) is 1. The van der Waals surface area contributed by atoms with Crippen molar-refractivity contribution in [2.45, 2.75) is 58.8 Å². The quantitative estimate of drug-likeness (QED) is 0.591. The van der Waals surface area contributed by atoms with Gasteiger partial charge in [0, 0.05) is 18.0 Å². The number of aryl methyl sites for hydroxylation is 1. The third-order valence-corrected chi connectivity index (χ3v) is 6.46. The van der Waals surface area contributed by atoms with Crippen molar-refractivity contribution in [2.75, 3.05) is 18.4 Å². The average Bonchev–Trinajstić information content (AvgIpc) is 2.88. The molecule has 0 saturated carbocycles. The predicted molar refractivity (Wildman–Crippen MR) is 116 cm³/mol. The summed E-state index contributed by atoms with van der Waals surface area (Å²) in [5, 5.41) is 3.42. The summed E-state index contributed by atoms with van der Waals surface area (Å²) in [7, 11) is 0. The second-order valence-corrected chi connectivity index (χ2v) is 8.60. The number of carbonyl (C=O) groups excluding carboxylic acids is 2. The van der Waals surface area contributed by atoms with E-state index in [1.807, 2.05) is 4.90 Å². The van der Waals surface area contributed by atoms with Crippen molar-refractivity contribution in [1.82, 2.24) is 4.90 Å². The van der Waals surface area contributed by atoms with Crippen molar-refractivity contribution >= 4 is 28.2 Å². The maximum Gasteiger partial charge on any atom is 0.259 e. The lowest BCUT2D eigenvalue weighted by molar-refractivity contribution is 0.0756. The fourth-order valence-electron chi connectivity index (χ4n) is 3.89. The van der Waals surface area contributed by atoms with E-state index in [-0.39, 0.29) is 11.5 Å². The normalized spacial score (nSPS) is 13.5. The van der Waals surface area contributed by atoms with Crippen molar-refractivity contribution in [3.63, 3.8) is 0 Å². The number of hydrogen-bond acceptors (Lipinski definition) is 3. The number of hydrogen-bond donors (Lipinski definition) is 1. The van der Waals surface area contributed by atoms with Crippen LogP contribution in [0.1, 0.15) is 77.1 Å². The lowest BCUT2D eigenvalue weighted by Crippen LogP contribution is -2.33. The lowest BCUT2D eigenvalue weighted by atomic mass is 10.0. The molecule has 29 heavy (non-hydrogen) atoms. The van der Waals surface area contributed by atoms with Crippen molar-refractivity contribution in [1.29, 1.82) is 0 Å². The van der Waals surface area contributed by atoms with E-state index >= 15 is 0 Å². The Balaban J connectivity index is 1.99. The summed E-state index contributed by atoms with van der Waals surface area (Å²) in [5.41, 5.74) is 1.70. The minimum atomic E-state index is -0.561. The Bertz CT molecular complexity index is 872. The van der Waals surface area contributed by atoms with Crippen molar-refractivity contribution in [3.8, 4) is 0 Å². The highest BCUT2D eigenvalue weighted by molar-refractivity contribution is 7.17. The number of rotatable bonds is 7. The Morgan fingerprint density at radius 2 is 1.76 bits per heavy atom. The summed E-state index contributed by atoms with van der Waals surface area (Å²) in [6.45, 7) is 5.51. The number of amides is 2. The molecule has 0 unspecified atom stereocenters. The first-order valence-corrected chi connectivity index (χ1v) is 11.4. The van der Waals surface area contributed by atoms with Gasteiger partial charge in [-0.2, -0.15) is 0 Å². The van der Waals surface area contributed by atoms with Gasteiger partial charge in [-0.05, 0) is 56.2 Å². The highest BCUT2D eigenvalue weighted by atomic mass is 32.1. The topological polar surface area (TPSA) is 49.4 Å². The van der Waals surface area contributed by atoms with E-state index < -0.39 is 11.7 Å². The first kappa shape index (κ1) is 21.5. The van der Waals surface area contributed by atoms with E-state index in [1.54, 1.807) is 12.1 Å². The number of fused-ring (bicyclic) bond motifs is 1. The van der Waals surface area contributed by atoms with Gasteiger partial charge in [-0.3, -0.25) is 9.59 Å². The van der Waals surface area contributed by atoms with Crippen LogP contribution in [-0.2, 0) is 12.8 Å². The Hall–Kier alpha value is -2.21. The predicted octanol–water partition coefficient (Wildman–Crippen LogP) is 5.67. The molecule has 0 fully saturated rings. The van der Waals surface area contributed by atoms with Gasteiger partial charge in [-0.25, -0.2) is 4.39 Å². The Kier molecular flexibility index (Phi) is 7.42. The molecule has 1 aliphatic rings. The average molecular weight is 417 g/mol. The molecule has 1 heterocycles. The minimum Gasteiger partial charge on any atom is -0.339 e. The molecule has 0 spiro atoms. The summed E-state index contributed by atoms with van der Waals surface area (Å²) in [5.74, 6) is -1.09. The second kappa shape index (κ2) is 10.0. The number of halogens is 1. The van der Waals surface area contributed by atoms with Crippen LogP contribution in [0.2, 0.25) is 0 Å².